The van der Waals surface area contributed by atoms with E-state index in [9.17, 15) is 5.11 Å². The molecule has 3 nitrogen and oxygen atoms in total. The average Bonchev–Trinajstić information content (AvgIpc) is 2.70. The van der Waals surface area contributed by atoms with Crippen LogP contribution in [0, 0.1) is 12.8 Å². The van der Waals surface area contributed by atoms with Crippen molar-refractivity contribution in [3.05, 3.63) is 29.3 Å². The van der Waals surface area contributed by atoms with Gasteiger partial charge in [0.1, 0.15) is 0 Å². The summed E-state index contributed by atoms with van der Waals surface area (Å²) in [6, 6.07) is 6.62. The number of hydrogen-bond donors (Lipinski definition) is 2. The summed E-state index contributed by atoms with van der Waals surface area (Å²) < 4.78 is 0. The van der Waals surface area contributed by atoms with Crippen LogP contribution in [-0.4, -0.2) is 24.3 Å². The number of aryl methyl sites for hydroxylation is 1. The van der Waals surface area contributed by atoms with Gasteiger partial charge in [-0.05, 0) is 36.5 Å². The van der Waals surface area contributed by atoms with E-state index in [1.54, 1.807) is 0 Å². The Morgan fingerprint density at radius 3 is 2.88 bits per heavy atom. The molecule has 1 heterocycles. The third-order valence-electron chi connectivity index (χ3n) is 3.84. The topological polar surface area (TPSA) is 49.5 Å². The van der Waals surface area contributed by atoms with Gasteiger partial charge in [-0.15, -0.1) is 0 Å². The molecule has 0 amide bonds. The summed E-state index contributed by atoms with van der Waals surface area (Å²) in [5, 5.41) is 9.53. The molecule has 2 rings (SSSR count). The van der Waals surface area contributed by atoms with Gasteiger partial charge >= 0.3 is 0 Å². The number of hydrogen-bond acceptors (Lipinski definition) is 3. The van der Waals surface area contributed by atoms with Crippen LogP contribution >= 0.6 is 0 Å². The molecule has 1 aromatic carbocycles. The lowest BCUT2D eigenvalue weighted by Crippen LogP contribution is -2.36. The predicted molar refractivity (Wildman–Crippen MR) is 71.1 cm³/mol. The Kier molecular flexibility index (Phi) is 3.69. The summed E-state index contributed by atoms with van der Waals surface area (Å²) in [5.74, 6) is 0.547. The van der Waals surface area contributed by atoms with E-state index in [4.69, 9.17) is 5.73 Å². The molecule has 0 bridgehead atoms. The second-order valence-electron chi connectivity index (χ2n) is 5.05. The summed E-state index contributed by atoms with van der Waals surface area (Å²) in [6.45, 7) is 6.09. The number of nitrogens with zero attached hydrogens (tertiary/aromatic N) is 1. The van der Waals surface area contributed by atoms with E-state index in [0.29, 0.717) is 12.5 Å². The summed E-state index contributed by atoms with van der Waals surface area (Å²) in [4.78, 5) is 2.32. The Morgan fingerprint density at radius 1 is 1.47 bits per heavy atom. The molecule has 0 spiro atoms. The van der Waals surface area contributed by atoms with Crippen LogP contribution < -0.4 is 10.6 Å². The van der Waals surface area contributed by atoms with Crippen molar-refractivity contribution in [2.45, 2.75) is 32.9 Å². The minimum absolute atomic E-state index is 0.221. The molecule has 1 aliphatic heterocycles. The molecule has 2 unspecified atom stereocenters. The van der Waals surface area contributed by atoms with Gasteiger partial charge in [0.2, 0.25) is 0 Å². The number of nitrogens with two attached hydrogens (primary N) is 1. The summed E-state index contributed by atoms with van der Waals surface area (Å²) in [7, 11) is 0. The van der Waals surface area contributed by atoms with Crippen molar-refractivity contribution in [2.24, 2.45) is 11.7 Å². The van der Waals surface area contributed by atoms with Crippen molar-refractivity contribution in [3.8, 4) is 0 Å². The Balaban J connectivity index is 2.35. The van der Waals surface area contributed by atoms with E-state index < -0.39 is 0 Å². The lowest BCUT2D eigenvalue weighted by atomic mass is 10.0. The third-order valence-corrected chi connectivity index (χ3v) is 3.84. The van der Waals surface area contributed by atoms with Gasteiger partial charge in [0.25, 0.3) is 0 Å². The first-order chi connectivity index (χ1) is 8.17. The highest BCUT2D eigenvalue weighted by Crippen LogP contribution is 2.32. The van der Waals surface area contributed by atoms with Gasteiger partial charge in [-0.25, -0.2) is 0 Å². The molecular weight excluding hydrogens is 212 g/mol. The standard InChI is InChI=1S/C14H22N2O/c1-10-3-4-12(8-15)13(7-10)16-6-5-11(2)14(16)9-17/h3-4,7,11,14,17H,5-6,8-9,15H2,1-2H3. The van der Waals surface area contributed by atoms with Gasteiger partial charge in [-0.3, -0.25) is 0 Å². The highest BCUT2D eigenvalue weighted by atomic mass is 16.3. The van der Waals surface area contributed by atoms with Gasteiger partial charge in [0.15, 0.2) is 0 Å². The first-order valence-electron chi connectivity index (χ1n) is 6.34. The minimum atomic E-state index is 0.221. The Hall–Kier alpha value is -1.06. The van der Waals surface area contributed by atoms with E-state index in [1.165, 1.54) is 16.8 Å². The molecule has 1 saturated heterocycles. The van der Waals surface area contributed by atoms with Crippen molar-refractivity contribution in [3.63, 3.8) is 0 Å². The molecule has 3 heteroatoms. The van der Waals surface area contributed by atoms with Crippen LogP contribution in [0.4, 0.5) is 5.69 Å². The summed E-state index contributed by atoms with van der Waals surface area (Å²) in [5.41, 5.74) is 9.42. The van der Waals surface area contributed by atoms with Crippen LogP contribution in [-0.2, 0) is 6.54 Å². The minimum Gasteiger partial charge on any atom is -0.394 e. The largest absolute Gasteiger partial charge is 0.394 e. The highest BCUT2D eigenvalue weighted by Gasteiger charge is 2.31. The Labute approximate surface area is 103 Å². The first-order valence-corrected chi connectivity index (χ1v) is 6.34. The fourth-order valence-corrected chi connectivity index (χ4v) is 2.70. The second kappa shape index (κ2) is 5.07. The van der Waals surface area contributed by atoms with E-state index in [2.05, 4.69) is 36.9 Å². The maximum absolute atomic E-state index is 9.53. The van der Waals surface area contributed by atoms with Crippen LogP contribution in [0.1, 0.15) is 24.5 Å². The van der Waals surface area contributed by atoms with Gasteiger partial charge < -0.3 is 15.7 Å². The van der Waals surface area contributed by atoms with Crippen molar-refractivity contribution in [1.82, 2.24) is 0 Å². The lowest BCUT2D eigenvalue weighted by Gasteiger charge is -2.29. The van der Waals surface area contributed by atoms with Crippen molar-refractivity contribution in [1.29, 1.82) is 0 Å². The number of aliphatic hydroxyl groups excluding tert-OH is 1. The normalized spacial score (nSPS) is 24.4. The SMILES string of the molecule is Cc1ccc(CN)c(N2CCC(C)C2CO)c1. The predicted octanol–water partition coefficient (Wildman–Crippen LogP) is 1.66. The van der Waals surface area contributed by atoms with Gasteiger partial charge in [0, 0.05) is 18.8 Å². The number of rotatable bonds is 3. The third kappa shape index (κ3) is 2.31. The molecule has 1 aliphatic rings. The van der Waals surface area contributed by atoms with Crippen LogP contribution in [0.3, 0.4) is 0 Å². The second-order valence-corrected chi connectivity index (χ2v) is 5.05. The van der Waals surface area contributed by atoms with Crippen molar-refractivity contribution in [2.75, 3.05) is 18.1 Å². The van der Waals surface area contributed by atoms with Crippen molar-refractivity contribution >= 4 is 5.69 Å². The molecule has 94 valence electrons. The zero-order valence-corrected chi connectivity index (χ0v) is 10.7. The molecule has 1 fully saturated rings. The summed E-state index contributed by atoms with van der Waals surface area (Å²) >= 11 is 0. The average molecular weight is 234 g/mol. The quantitative estimate of drug-likeness (QED) is 0.836. The molecular formula is C14H22N2O. The molecule has 2 atom stereocenters. The molecule has 3 N–H and O–H groups in total. The zero-order valence-electron chi connectivity index (χ0n) is 10.7. The van der Waals surface area contributed by atoms with Crippen LogP contribution in [0.5, 0.6) is 0 Å². The Morgan fingerprint density at radius 2 is 2.24 bits per heavy atom. The number of benzene rings is 1. The molecule has 0 saturated carbocycles. The monoisotopic (exact) mass is 234 g/mol. The number of anilines is 1. The van der Waals surface area contributed by atoms with Crippen LogP contribution in [0.2, 0.25) is 0 Å². The van der Waals surface area contributed by atoms with Gasteiger partial charge in [0.05, 0.1) is 12.6 Å². The zero-order chi connectivity index (χ0) is 12.4. The fourth-order valence-electron chi connectivity index (χ4n) is 2.70. The molecule has 17 heavy (non-hydrogen) atoms. The van der Waals surface area contributed by atoms with Crippen LogP contribution in [0.15, 0.2) is 18.2 Å². The highest BCUT2D eigenvalue weighted by molar-refractivity contribution is 5.57. The summed E-state index contributed by atoms with van der Waals surface area (Å²) in [6.07, 6.45) is 1.14. The van der Waals surface area contributed by atoms with E-state index in [0.717, 1.165) is 13.0 Å². The maximum Gasteiger partial charge on any atom is 0.0637 e. The lowest BCUT2D eigenvalue weighted by molar-refractivity contribution is 0.244. The molecule has 1 aromatic rings. The Bertz CT molecular complexity index is 392. The molecule has 0 aromatic heterocycles. The van der Waals surface area contributed by atoms with Gasteiger partial charge in [-0.1, -0.05) is 19.1 Å². The van der Waals surface area contributed by atoms with E-state index in [1.807, 2.05) is 0 Å². The molecule has 0 aliphatic carbocycles. The van der Waals surface area contributed by atoms with E-state index in [-0.39, 0.29) is 12.6 Å². The maximum atomic E-state index is 9.53. The molecule has 0 radical (unpaired) electrons. The first kappa shape index (κ1) is 12.4. The fraction of sp³-hybridized carbons (Fsp3) is 0.571. The smallest absolute Gasteiger partial charge is 0.0637 e. The number of aliphatic hydroxyl groups is 1. The van der Waals surface area contributed by atoms with Gasteiger partial charge in [-0.2, -0.15) is 0 Å². The van der Waals surface area contributed by atoms with E-state index >= 15 is 0 Å². The van der Waals surface area contributed by atoms with Crippen LogP contribution in [0.25, 0.3) is 0 Å². The van der Waals surface area contributed by atoms with Crippen molar-refractivity contribution < 1.29 is 5.11 Å².